The van der Waals surface area contributed by atoms with Crippen molar-refractivity contribution in [2.75, 3.05) is 4.90 Å². The first-order chi connectivity index (χ1) is 9.96. The van der Waals surface area contributed by atoms with Crippen LogP contribution in [0.2, 0.25) is 0 Å². The molecule has 21 heavy (non-hydrogen) atoms. The van der Waals surface area contributed by atoms with Gasteiger partial charge in [-0.3, -0.25) is 14.5 Å². The predicted molar refractivity (Wildman–Crippen MR) is 66.9 cm³/mol. The molecule has 4 heterocycles. The van der Waals surface area contributed by atoms with Crippen LogP contribution in [0.25, 0.3) is 0 Å². The number of carbonyl (C=O) groups excluding carboxylic acids is 1. The molecule has 1 N–H and O–H groups in total. The molecule has 1 aromatic carbocycles. The molecule has 0 amide bonds. The van der Waals surface area contributed by atoms with E-state index in [1.807, 2.05) is 0 Å². The number of halogens is 2. The van der Waals surface area contributed by atoms with Crippen molar-refractivity contribution in [1.29, 1.82) is 0 Å². The van der Waals surface area contributed by atoms with E-state index in [0.717, 1.165) is 6.07 Å². The van der Waals surface area contributed by atoms with Crippen LogP contribution in [0.5, 0.6) is 5.75 Å². The van der Waals surface area contributed by atoms with Crippen LogP contribution < -0.4 is 9.64 Å². The Bertz CT molecular complexity index is 836. The Hall–Kier alpha value is -2.09. The number of aliphatic carboxylic acids is 1. The van der Waals surface area contributed by atoms with Gasteiger partial charge in [0, 0.05) is 16.9 Å². The highest BCUT2D eigenvalue weighted by Gasteiger charge is 2.70. The highest BCUT2D eigenvalue weighted by atomic mass is 32.2. The summed E-state index contributed by atoms with van der Waals surface area (Å²) in [5.74, 6) is -4.29. The molecule has 0 aliphatic carbocycles. The molecule has 8 heteroatoms. The lowest BCUT2D eigenvalue weighted by Gasteiger charge is -2.40. The van der Waals surface area contributed by atoms with Gasteiger partial charge in [0.05, 0.1) is 0 Å². The summed E-state index contributed by atoms with van der Waals surface area (Å²) in [6.07, 6.45) is 0.00344. The minimum absolute atomic E-state index is 0.00344. The number of rotatable bonds is 1. The molecule has 1 fully saturated rings. The van der Waals surface area contributed by atoms with Gasteiger partial charge in [0.25, 0.3) is 0 Å². The first-order valence-corrected chi connectivity index (χ1v) is 7.02. The van der Waals surface area contributed by atoms with Crippen molar-refractivity contribution in [3.63, 3.8) is 0 Å². The van der Waals surface area contributed by atoms with E-state index in [9.17, 15) is 23.5 Å². The Morgan fingerprint density at radius 1 is 1.52 bits per heavy atom. The second-order valence-corrected chi connectivity index (χ2v) is 6.53. The number of carbonyl (C=O) groups is 2. The summed E-state index contributed by atoms with van der Waals surface area (Å²) in [6.45, 7) is 0. The molecule has 4 aliphatic rings. The Kier molecular flexibility index (Phi) is 1.68. The van der Waals surface area contributed by atoms with Gasteiger partial charge in [-0.1, -0.05) is 11.8 Å². The highest BCUT2D eigenvalue weighted by Crippen LogP contribution is 2.68. The van der Waals surface area contributed by atoms with Crippen molar-refractivity contribution in [2.24, 2.45) is 5.41 Å². The van der Waals surface area contributed by atoms with Crippen molar-refractivity contribution in [3.05, 3.63) is 34.1 Å². The lowest BCUT2D eigenvalue weighted by Crippen LogP contribution is -2.56. The fraction of sp³-hybridized carbons (Fsp3) is 0.231. The number of anilines is 1. The monoisotopic (exact) mass is 309 g/mol. The number of nitrogens with zero attached hydrogens (tertiary/aromatic N) is 1. The maximum atomic E-state index is 13.9. The minimum Gasteiger partial charge on any atom is -0.480 e. The Balaban J connectivity index is 1.93. The predicted octanol–water partition coefficient (Wildman–Crippen LogP) is 2.08. The molecule has 0 radical (unpaired) electrons. The number of carboxylic acids is 1. The fourth-order valence-electron chi connectivity index (χ4n) is 3.49. The van der Waals surface area contributed by atoms with Crippen molar-refractivity contribution in [1.82, 2.24) is 0 Å². The Morgan fingerprint density at radius 3 is 3.00 bits per heavy atom. The maximum absolute atomic E-state index is 13.9. The molecule has 1 saturated heterocycles. The molecule has 5 rings (SSSR count). The number of Topliss-reactive ketones (excluding diaryl/α,β-unsaturated/α-hetero) is 1. The molecule has 106 valence electrons. The maximum Gasteiger partial charge on any atom is 0.321 e. The first kappa shape index (κ1) is 11.6. The molecule has 2 atom stereocenters. The molecule has 2 unspecified atom stereocenters. The number of thioether (sulfide) groups is 1. The van der Waals surface area contributed by atoms with E-state index in [1.165, 1.54) is 16.7 Å². The van der Waals surface area contributed by atoms with Crippen molar-refractivity contribution >= 4 is 29.2 Å². The molecule has 2 bridgehead atoms. The molecule has 1 aromatic rings. The van der Waals surface area contributed by atoms with Gasteiger partial charge in [-0.05, 0) is 6.07 Å². The number of fused-ring (bicyclic) bond motifs is 1. The van der Waals surface area contributed by atoms with Crippen LogP contribution in [0, 0.1) is 17.0 Å². The van der Waals surface area contributed by atoms with Gasteiger partial charge in [-0.2, -0.15) is 4.39 Å². The van der Waals surface area contributed by atoms with Crippen LogP contribution in [0.1, 0.15) is 16.8 Å². The Morgan fingerprint density at radius 2 is 2.29 bits per heavy atom. The molecule has 5 nitrogen and oxygen atoms in total. The van der Waals surface area contributed by atoms with Crippen LogP contribution >= 0.6 is 11.8 Å². The third-order valence-electron chi connectivity index (χ3n) is 4.43. The van der Waals surface area contributed by atoms with E-state index < -0.39 is 34.2 Å². The van der Waals surface area contributed by atoms with Gasteiger partial charge in [-0.25, -0.2) is 4.39 Å². The average molecular weight is 309 g/mol. The van der Waals surface area contributed by atoms with E-state index in [2.05, 4.69) is 0 Å². The normalized spacial score (nSPS) is 30.3. The zero-order valence-electron chi connectivity index (χ0n) is 10.1. The summed E-state index contributed by atoms with van der Waals surface area (Å²) in [5.41, 5.74) is -1.62. The summed E-state index contributed by atoms with van der Waals surface area (Å²) >= 11 is 1.24. The number of ether oxygens (including phenoxy) is 1. The van der Waals surface area contributed by atoms with Crippen LogP contribution in [-0.2, 0) is 4.79 Å². The molecule has 0 saturated carbocycles. The zero-order chi connectivity index (χ0) is 14.7. The SMILES string of the molecule is O=C(O)C12CC3=C4Oc5c(F)c(F)cc(c5N4C1S3)C2=O. The van der Waals surface area contributed by atoms with Gasteiger partial charge in [-0.15, -0.1) is 0 Å². The van der Waals surface area contributed by atoms with Crippen LogP contribution in [0.3, 0.4) is 0 Å². The molecule has 4 aliphatic heterocycles. The minimum atomic E-state index is -1.65. The van der Waals surface area contributed by atoms with Gasteiger partial charge in [0.2, 0.25) is 11.7 Å². The quantitative estimate of drug-likeness (QED) is 0.801. The lowest BCUT2D eigenvalue weighted by atomic mass is 9.72. The molecular weight excluding hydrogens is 304 g/mol. The van der Waals surface area contributed by atoms with E-state index in [1.54, 1.807) is 0 Å². The van der Waals surface area contributed by atoms with Crippen molar-refractivity contribution in [2.45, 2.75) is 11.8 Å². The summed E-state index contributed by atoms with van der Waals surface area (Å²) in [4.78, 5) is 26.5. The Labute approximate surface area is 120 Å². The molecule has 0 spiro atoms. The number of allylic oxidation sites excluding steroid dienone is 1. The molecule has 0 aromatic heterocycles. The van der Waals surface area contributed by atoms with Gasteiger partial charge >= 0.3 is 5.97 Å². The van der Waals surface area contributed by atoms with Crippen LogP contribution in [0.15, 0.2) is 16.9 Å². The third-order valence-corrected chi connectivity index (χ3v) is 5.87. The van der Waals surface area contributed by atoms with Crippen LogP contribution in [-0.4, -0.2) is 22.2 Å². The smallest absolute Gasteiger partial charge is 0.321 e. The van der Waals surface area contributed by atoms with E-state index >= 15 is 0 Å². The topological polar surface area (TPSA) is 66.8 Å². The number of hydrogen-bond donors (Lipinski definition) is 1. The summed E-state index contributed by atoms with van der Waals surface area (Å²) in [5, 5.41) is 8.88. The molecular formula is C13H5F2NO4S. The first-order valence-electron chi connectivity index (χ1n) is 6.14. The van der Waals surface area contributed by atoms with E-state index in [-0.39, 0.29) is 23.4 Å². The number of benzene rings is 1. The van der Waals surface area contributed by atoms with Crippen LogP contribution in [0.4, 0.5) is 14.5 Å². The second kappa shape index (κ2) is 3.06. The second-order valence-electron chi connectivity index (χ2n) is 5.35. The zero-order valence-corrected chi connectivity index (χ0v) is 11.0. The average Bonchev–Trinajstić information content (AvgIpc) is 3.09. The number of carboxylic acid groups (broad SMARTS) is 1. The van der Waals surface area contributed by atoms with Crippen molar-refractivity contribution < 1.29 is 28.2 Å². The van der Waals surface area contributed by atoms with E-state index in [4.69, 9.17) is 4.74 Å². The number of ketones is 1. The van der Waals surface area contributed by atoms with Gasteiger partial charge < -0.3 is 9.84 Å². The van der Waals surface area contributed by atoms with Gasteiger partial charge in [0.1, 0.15) is 11.1 Å². The standard InChI is InChI=1S/C13H5F2NO4S/c14-4-1-3-7-8(6(4)15)20-10-5-2-13(9(3)17,12(18)19)11(21-5)16(7)10/h1,11H,2H2,(H,18,19). The van der Waals surface area contributed by atoms with Crippen molar-refractivity contribution in [3.8, 4) is 5.75 Å². The summed E-state index contributed by atoms with van der Waals surface area (Å²) in [6, 6.07) is 0.769. The lowest BCUT2D eigenvalue weighted by molar-refractivity contribution is -0.145. The van der Waals surface area contributed by atoms with Gasteiger partial charge in [0.15, 0.2) is 22.8 Å². The number of hydrogen-bond acceptors (Lipinski definition) is 5. The fourth-order valence-corrected chi connectivity index (χ4v) is 5.11. The summed E-state index contributed by atoms with van der Waals surface area (Å²) in [7, 11) is 0. The largest absolute Gasteiger partial charge is 0.480 e. The summed E-state index contributed by atoms with van der Waals surface area (Å²) < 4.78 is 32.9. The third kappa shape index (κ3) is 0.955. The van der Waals surface area contributed by atoms with E-state index in [0.29, 0.717) is 10.8 Å². The highest BCUT2D eigenvalue weighted by molar-refractivity contribution is 8.04.